The Labute approximate surface area is 161 Å². The van der Waals surface area contributed by atoms with Gasteiger partial charge in [-0.3, -0.25) is 4.79 Å². The van der Waals surface area contributed by atoms with Crippen molar-refractivity contribution in [3.63, 3.8) is 0 Å². The Balaban J connectivity index is 1.56. The minimum Gasteiger partial charge on any atom is -0.360 e. The SMILES string of the molecule is CCCNc1nnc(SCC(=O)NC(C)c2cccc3ccccc23)s1. The largest absolute Gasteiger partial charge is 0.360 e. The van der Waals surface area contributed by atoms with E-state index >= 15 is 0 Å². The molecule has 1 atom stereocenters. The normalized spacial score (nSPS) is 12.1. The Morgan fingerprint density at radius 3 is 2.85 bits per heavy atom. The quantitative estimate of drug-likeness (QED) is 0.559. The summed E-state index contributed by atoms with van der Waals surface area (Å²) in [6.45, 7) is 5.00. The number of rotatable bonds is 8. The minimum atomic E-state index is -0.0506. The number of thioether (sulfide) groups is 1. The summed E-state index contributed by atoms with van der Waals surface area (Å²) in [6.07, 6.45) is 1.04. The number of fused-ring (bicyclic) bond motifs is 1. The van der Waals surface area contributed by atoms with Crippen LogP contribution in [0.15, 0.2) is 46.8 Å². The maximum absolute atomic E-state index is 12.3. The molecule has 0 saturated carbocycles. The highest BCUT2D eigenvalue weighted by atomic mass is 32.2. The molecule has 1 amide bonds. The van der Waals surface area contributed by atoms with Crippen molar-refractivity contribution in [3.8, 4) is 0 Å². The molecule has 0 fully saturated rings. The van der Waals surface area contributed by atoms with Gasteiger partial charge in [0.25, 0.3) is 0 Å². The molecule has 0 spiro atoms. The van der Waals surface area contributed by atoms with Gasteiger partial charge in [-0.05, 0) is 29.7 Å². The molecule has 0 saturated heterocycles. The predicted octanol–water partition coefficient (Wildman–Crippen LogP) is 4.48. The van der Waals surface area contributed by atoms with Crippen LogP contribution >= 0.6 is 23.1 Å². The van der Waals surface area contributed by atoms with Crippen molar-refractivity contribution in [3.05, 3.63) is 48.0 Å². The topological polar surface area (TPSA) is 66.9 Å². The Morgan fingerprint density at radius 1 is 1.19 bits per heavy atom. The number of hydrogen-bond donors (Lipinski definition) is 2. The lowest BCUT2D eigenvalue weighted by Crippen LogP contribution is -2.28. The molecule has 1 heterocycles. The summed E-state index contributed by atoms with van der Waals surface area (Å²) in [7, 11) is 0. The van der Waals surface area contributed by atoms with E-state index < -0.39 is 0 Å². The molecule has 0 aliphatic carbocycles. The van der Waals surface area contributed by atoms with Gasteiger partial charge in [-0.25, -0.2) is 0 Å². The number of hydrogen-bond acceptors (Lipinski definition) is 6. The van der Waals surface area contributed by atoms with Gasteiger partial charge >= 0.3 is 0 Å². The Hall–Kier alpha value is -2.12. The van der Waals surface area contributed by atoms with Crippen molar-refractivity contribution < 1.29 is 4.79 Å². The smallest absolute Gasteiger partial charge is 0.230 e. The van der Waals surface area contributed by atoms with Crippen LogP contribution in [0.2, 0.25) is 0 Å². The van der Waals surface area contributed by atoms with Crippen LogP contribution in [0.3, 0.4) is 0 Å². The van der Waals surface area contributed by atoms with Crippen molar-refractivity contribution in [2.24, 2.45) is 0 Å². The lowest BCUT2D eigenvalue weighted by atomic mass is 10.00. The highest BCUT2D eigenvalue weighted by Crippen LogP contribution is 2.26. The summed E-state index contributed by atoms with van der Waals surface area (Å²) in [5, 5.41) is 17.6. The number of anilines is 1. The fourth-order valence-electron chi connectivity index (χ4n) is 2.69. The molecule has 2 aromatic carbocycles. The Bertz CT molecular complexity index is 875. The van der Waals surface area contributed by atoms with Gasteiger partial charge in [-0.1, -0.05) is 72.5 Å². The average molecular weight is 387 g/mol. The lowest BCUT2D eigenvalue weighted by molar-refractivity contribution is -0.119. The predicted molar refractivity (Wildman–Crippen MR) is 110 cm³/mol. The molecule has 7 heteroatoms. The summed E-state index contributed by atoms with van der Waals surface area (Å²) in [5.74, 6) is 0.325. The first-order chi connectivity index (χ1) is 12.7. The number of amides is 1. The van der Waals surface area contributed by atoms with E-state index in [1.165, 1.54) is 33.9 Å². The first-order valence-electron chi connectivity index (χ1n) is 8.64. The van der Waals surface area contributed by atoms with Gasteiger partial charge in [0, 0.05) is 6.54 Å². The molecule has 2 N–H and O–H groups in total. The highest BCUT2D eigenvalue weighted by Gasteiger charge is 2.13. The molecule has 5 nitrogen and oxygen atoms in total. The maximum Gasteiger partial charge on any atom is 0.230 e. The third-order valence-electron chi connectivity index (χ3n) is 3.93. The third kappa shape index (κ3) is 4.74. The number of benzene rings is 2. The summed E-state index contributed by atoms with van der Waals surface area (Å²) >= 11 is 2.90. The number of nitrogens with one attached hydrogen (secondary N) is 2. The van der Waals surface area contributed by atoms with Gasteiger partial charge in [0.1, 0.15) is 0 Å². The monoisotopic (exact) mass is 386 g/mol. The zero-order chi connectivity index (χ0) is 18.4. The van der Waals surface area contributed by atoms with Crippen molar-refractivity contribution in [1.82, 2.24) is 15.5 Å². The lowest BCUT2D eigenvalue weighted by Gasteiger charge is -2.16. The molecule has 0 radical (unpaired) electrons. The second-order valence-electron chi connectivity index (χ2n) is 5.95. The molecule has 3 rings (SSSR count). The van der Waals surface area contributed by atoms with Crippen molar-refractivity contribution in [2.75, 3.05) is 17.6 Å². The van der Waals surface area contributed by atoms with Crippen LogP contribution in [0, 0.1) is 0 Å². The van der Waals surface area contributed by atoms with E-state index in [0.29, 0.717) is 5.75 Å². The molecule has 0 bridgehead atoms. The molecule has 136 valence electrons. The highest BCUT2D eigenvalue weighted by molar-refractivity contribution is 8.01. The summed E-state index contributed by atoms with van der Waals surface area (Å²) in [6, 6.07) is 14.4. The van der Waals surface area contributed by atoms with Crippen LogP contribution in [0.4, 0.5) is 5.13 Å². The zero-order valence-corrected chi connectivity index (χ0v) is 16.5. The first kappa shape index (κ1) is 18.7. The molecule has 1 unspecified atom stereocenters. The zero-order valence-electron chi connectivity index (χ0n) is 14.9. The number of carbonyl (C=O) groups is 1. The van der Waals surface area contributed by atoms with Gasteiger partial charge < -0.3 is 10.6 Å². The molecule has 0 aliphatic heterocycles. The third-order valence-corrected chi connectivity index (χ3v) is 5.94. The molecule has 0 aliphatic rings. The standard InChI is InChI=1S/C19H22N4OS2/c1-3-11-20-18-22-23-19(26-18)25-12-17(24)21-13(2)15-10-6-8-14-7-4-5-9-16(14)15/h4-10,13H,3,11-12H2,1-2H3,(H,20,22)(H,21,24). The fourth-order valence-corrected chi connectivity index (χ4v) is 4.28. The molecular formula is C19H22N4OS2. The number of carbonyl (C=O) groups excluding carboxylic acids is 1. The van der Waals surface area contributed by atoms with Gasteiger partial charge in [-0.15, -0.1) is 10.2 Å². The van der Waals surface area contributed by atoms with Crippen molar-refractivity contribution in [2.45, 2.75) is 30.6 Å². The van der Waals surface area contributed by atoms with Gasteiger partial charge in [0.15, 0.2) is 4.34 Å². The average Bonchev–Trinajstić information content (AvgIpc) is 3.12. The molecule has 1 aromatic heterocycles. The Kier molecular flexibility index (Phi) is 6.46. The van der Waals surface area contributed by atoms with Crippen molar-refractivity contribution in [1.29, 1.82) is 0 Å². The van der Waals surface area contributed by atoms with E-state index in [1.807, 2.05) is 25.1 Å². The van der Waals surface area contributed by atoms with Gasteiger partial charge in [-0.2, -0.15) is 0 Å². The van der Waals surface area contributed by atoms with Crippen LogP contribution in [-0.4, -0.2) is 28.4 Å². The number of nitrogens with zero attached hydrogens (tertiary/aromatic N) is 2. The molecule has 26 heavy (non-hydrogen) atoms. The second kappa shape index (κ2) is 9.00. The Morgan fingerprint density at radius 2 is 2.00 bits per heavy atom. The van der Waals surface area contributed by atoms with Crippen LogP contribution in [-0.2, 0) is 4.79 Å². The van der Waals surface area contributed by atoms with Gasteiger partial charge in [0.2, 0.25) is 11.0 Å². The first-order valence-corrected chi connectivity index (χ1v) is 10.4. The minimum absolute atomic E-state index is 0.00583. The van der Waals surface area contributed by atoms with Crippen LogP contribution in [0.25, 0.3) is 10.8 Å². The van der Waals surface area contributed by atoms with E-state index in [1.54, 1.807) is 0 Å². The van der Waals surface area contributed by atoms with Crippen LogP contribution in [0.5, 0.6) is 0 Å². The maximum atomic E-state index is 12.3. The second-order valence-corrected chi connectivity index (χ2v) is 8.15. The molecular weight excluding hydrogens is 364 g/mol. The van der Waals surface area contributed by atoms with E-state index in [9.17, 15) is 4.79 Å². The van der Waals surface area contributed by atoms with Crippen LogP contribution < -0.4 is 10.6 Å². The van der Waals surface area contributed by atoms with E-state index in [4.69, 9.17) is 0 Å². The van der Waals surface area contributed by atoms with E-state index in [0.717, 1.165) is 28.0 Å². The summed E-state index contributed by atoms with van der Waals surface area (Å²) < 4.78 is 0.802. The van der Waals surface area contributed by atoms with E-state index in [2.05, 4.69) is 52.0 Å². The molecule has 3 aromatic rings. The fraction of sp³-hybridized carbons (Fsp3) is 0.316. The van der Waals surface area contributed by atoms with Crippen molar-refractivity contribution >= 4 is 44.9 Å². The van der Waals surface area contributed by atoms with E-state index in [-0.39, 0.29) is 11.9 Å². The van der Waals surface area contributed by atoms with Crippen LogP contribution in [0.1, 0.15) is 31.9 Å². The van der Waals surface area contributed by atoms with Gasteiger partial charge in [0.05, 0.1) is 11.8 Å². The summed E-state index contributed by atoms with van der Waals surface area (Å²) in [5.41, 5.74) is 1.13. The summed E-state index contributed by atoms with van der Waals surface area (Å²) in [4.78, 5) is 12.3. The number of aromatic nitrogens is 2.